The number of urea groups is 1. The number of nitrogens with zero attached hydrogens (tertiary/aromatic N) is 1. The van der Waals surface area contributed by atoms with Crippen LogP contribution in [0.15, 0.2) is 5.10 Å². The van der Waals surface area contributed by atoms with Gasteiger partial charge in [-0.2, -0.15) is 5.10 Å². The number of carbonyl (C=O) groups is 2. The van der Waals surface area contributed by atoms with E-state index in [2.05, 4.69) is 43.5 Å². The number of ether oxygens (including phenoxy) is 1. The zero-order valence-electron chi connectivity index (χ0n) is 21.7. The maximum atomic E-state index is 13.2. The van der Waals surface area contributed by atoms with E-state index in [-0.39, 0.29) is 29.1 Å². The lowest BCUT2D eigenvalue weighted by Crippen LogP contribution is -2.75. The lowest BCUT2D eigenvalue weighted by molar-refractivity contribution is -0.323. The average molecular weight is 525 g/mol. The first-order valence-electron chi connectivity index (χ1n) is 13.0. The van der Waals surface area contributed by atoms with E-state index >= 15 is 0 Å². The van der Waals surface area contributed by atoms with Crippen LogP contribution in [0, 0.1) is 40.4 Å². The molecule has 6 N–H and O–H groups in total. The molecule has 1 spiro atoms. The highest BCUT2D eigenvalue weighted by Gasteiger charge is 2.72. The van der Waals surface area contributed by atoms with Gasteiger partial charge in [0.1, 0.15) is 6.23 Å². The Morgan fingerprint density at radius 2 is 1.94 bits per heavy atom. The molecule has 10 nitrogen and oxygen atoms in total. The summed E-state index contributed by atoms with van der Waals surface area (Å²) < 4.78 is 20.4. The number of rotatable bonds is 2. The van der Waals surface area contributed by atoms with Gasteiger partial charge in [-0.05, 0) is 49.4 Å². The third-order valence-electron chi connectivity index (χ3n) is 10.8. The monoisotopic (exact) mass is 524 g/mol. The molecule has 2 heterocycles. The Kier molecular flexibility index (Phi) is 6.14. The summed E-state index contributed by atoms with van der Waals surface area (Å²) in [5.74, 6) is -1.11. The van der Waals surface area contributed by atoms with Crippen molar-refractivity contribution in [2.45, 2.75) is 89.1 Å². The van der Waals surface area contributed by atoms with Gasteiger partial charge in [0.2, 0.25) is 5.91 Å². The number of hydrogen-bond acceptors (Lipinski definition) is 7. The highest BCUT2D eigenvalue weighted by atomic mass is 32.2. The van der Waals surface area contributed by atoms with Crippen LogP contribution < -0.4 is 16.5 Å². The fourth-order valence-corrected chi connectivity index (χ4v) is 9.97. The third-order valence-corrected chi connectivity index (χ3v) is 12.0. The van der Waals surface area contributed by atoms with Crippen molar-refractivity contribution in [1.29, 1.82) is 0 Å². The molecular weight excluding hydrogens is 484 g/mol. The molecule has 3 saturated carbocycles. The van der Waals surface area contributed by atoms with Gasteiger partial charge in [-0.1, -0.05) is 27.7 Å². The normalized spacial score (nSPS) is 51.2. The Morgan fingerprint density at radius 3 is 2.58 bits per heavy atom. The minimum Gasteiger partial charge on any atom is -0.393 e. The molecule has 0 bridgehead atoms. The molecule has 2 aliphatic heterocycles. The minimum atomic E-state index is -1.31. The highest BCUT2D eigenvalue weighted by molar-refractivity contribution is 7.85. The Hall–Kier alpha value is -1.56. The maximum absolute atomic E-state index is 13.2. The summed E-state index contributed by atoms with van der Waals surface area (Å²) in [7, 11) is -1.31. The van der Waals surface area contributed by atoms with Crippen LogP contribution in [0.2, 0.25) is 0 Å². The zero-order valence-corrected chi connectivity index (χ0v) is 22.5. The number of hydrogen-bond donors (Lipinski definition) is 5. The lowest BCUT2D eigenvalue weighted by atomic mass is 9.42. The first kappa shape index (κ1) is 26.1. The van der Waals surface area contributed by atoms with Crippen LogP contribution in [-0.2, 0) is 20.3 Å². The van der Waals surface area contributed by atoms with E-state index in [0.717, 1.165) is 12.8 Å². The smallest absolute Gasteiger partial charge is 0.332 e. The number of amides is 3. The summed E-state index contributed by atoms with van der Waals surface area (Å²) in [6.45, 7) is 8.61. The fourth-order valence-electron chi connectivity index (χ4n) is 8.82. The quantitative estimate of drug-likeness (QED) is 0.336. The van der Waals surface area contributed by atoms with Gasteiger partial charge >= 0.3 is 6.03 Å². The fraction of sp³-hybridized carbons (Fsp3) is 0.880. The van der Waals surface area contributed by atoms with Crippen molar-refractivity contribution in [2.75, 3.05) is 6.26 Å². The largest absolute Gasteiger partial charge is 0.393 e. The molecule has 5 aliphatic rings. The molecule has 2 saturated heterocycles. The van der Waals surface area contributed by atoms with Crippen molar-refractivity contribution in [3.05, 3.63) is 0 Å². The number of carbonyl (C=O) groups excluding carboxylic acids is 2. The summed E-state index contributed by atoms with van der Waals surface area (Å²) >= 11 is 0. The van der Waals surface area contributed by atoms with Gasteiger partial charge in [0.25, 0.3) is 0 Å². The predicted octanol–water partition coefficient (Wildman–Crippen LogP) is 0.829. The molecule has 3 amide bonds. The Balaban J connectivity index is 1.64. The van der Waals surface area contributed by atoms with Gasteiger partial charge in [0.15, 0.2) is 0 Å². The standard InChI is InChI=1S/C25H40N4O6S/c1-11-6-7-16-23(2,3)19(28-29-22(26)33)15(36(5)34)10-25(16)24(11,4)9-13-14(30)8-12-17(18(13)35-25)21(32)27-20(12)31/h11-18,21,30,32H,6-10H2,1-5H3,(H,27,31)(H3,26,29,33). The second kappa shape index (κ2) is 8.47. The minimum absolute atomic E-state index is 0.0138. The van der Waals surface area contributed by atoms with Crippen molar-refractivity contribution in [3.63, 3.8) is 0 Å². The van der Waals surface area contributed by atoms with Crippen LogP contribution in [0.5, 0.6) is 0 Å². The second-order valence-electron chi connectivity index (χ2n) is 12.6. The van der Waals surface area contributed by atoms with E-state index in [1.165, 1.54) is 0 Å². The van der Waals surface area contributed by atoms with Crippen molar-refractivity contribution < 1.29 is 28.7 Å². The molecule has 36 heavy (non-hydrogen) atoms. The van der Waals surface area contributed by atoms with Gasteiger partial charge in [-0.3, -0.25) is 9.00 Å². The molecule has 0 aromatic heterocycles. The molecule has 0 aromatic carbocycles. The van der Waals surface area contributed by atoms with Gasteiger partial charge in [0.05, 0.1) is 34.7 Å². The van der Waals surface area contributed by atoms with Gasteiger partial charge in [-0.15, -0.1) is 0 Å². The van der Waals surface area contributed by atoms with E-state index in [1.807, 2.05) is 0 Å². The Labute approximate surface area is 214 Å². The van der Waals surface area contributed by atoms with Gasteiger partial charge in [0, 0.05) is 34.3 Å². The number of aliphatic hydroxyl groups excluding tert-OH is 2. The van der Waals surface area contributed by atoms with E-state index < -0.39 is 63.4 Å². The van der Waals surface area contributed by atoms with Crippen LogP contribution >= 0.6 is 0 Å². The highest BCUT2D eigenvalue weighted by Crippen LogP contribution is 2.68. The summed E-state index contributed by atoms with van der Waals surface area (Å²) in [5, 5.41) is 28.6. The summed E-state index contributed by atoms with van der Waals surface area (Å²) in [6.07, 6.45) is 2.72. The number of nitrogens with two attached hydrogens (primary N) is 1. The van der Waals surface area contributed by atoms with Crippen LogP contribution in [-0.4, -0.2) is 67.6 Å². The van der Waals surface area contributed by atoms with Crippen molar-refractivity contribution in [3.8, 4) is 0 Å². The zero-order chi connectivity index (χ0) is 26.4. The third kappa shape index (κ3) is 3.45. The lowest BCUT2D eigenvalue weighted by Gasteiger charge is -2.70. The van der Waals surface area contributed by atoms with E-state index in [0.29, 0.717) is 25.0 Å². The Morgan fingerprint density at radius 1 is 1.25 bits per heavy atom. The van der Waals surface area contributed by atoms with Crippen molar-refractivity contribution in [2.24, 2.45) is 51.3 Å². The Bertz CT molecular complexity index is 1020. The van der Waals surface area contributed by atoms with Crippen molar-refractivity contribution in [1.82, 2.24) is 10.7 Å². The second-order valence-corrected chi connectivity index (χ2v) is 14.2. The number of primary amides is 1. The molecule has 202 valence electrons. The molecule has 12 atom stereocenters. The van der Waals surface area contributed by atoms with Crippen LogP contribution in [0.1, 0.15) is 59.8 Å². The molecule has 3 aliphatic carbocycles. The van der Waals surface area contributed by atoms with Gasteiger partial charge < -0.3 is 26.0 Å². The topological polar surface area (TPSA) is 163 Å². The van der Waals surface area contributed by atoms with Crippen LogP contribution in [0.4, 0.5) is 4.79 Å². The molecule has 0 aromatic rings. The number of fused-ring (bicyclic) bond motifs is 3. The molecule has 5 rings (SSSR count). The summed E-state index contributed by atoms with van der Waals surface area (Å²) in [6, 6.07) is -0.771. The first-order chi connectivity index (χ1) is 16.7. The van der Waals surface area contributed by atoms with Crippen LogP contribution in [0.3, 0.4) is 0 Å². The number of aliphatic hydroxyl groups is 2. The maximum Gasteiger partial charge on any atom is 0.332 e. The average Bonchev–Trinajstić information content (AvgIpc) is 3.05. The van der Waals surface area contributed by atoms with Crippen LogP contribution in [0.25, 0.3) is 0 Å². The van der Waals surface area contributed by atoms with E-state index in [4.69, 9.17) is 10.5 Å². The molecule has 11 heteroatoms. The van der Waals surface area contributed by atoms with Gasteiger partial charge in [-0.25, -0.2) is 10.2 Å². The SMILES string of the molecule is CC1CCC2C(C)(C)C(=NNC(N)=O)C(S(C)=O)CC23OC2C(CC13C)C(O)CC1C(=O)NC(O)C12. The first-order valence-corrected chi connectivity index (χ1v) is 14.7. The molecule has 5 fully saturated rings. The molecular formula is C25H40N4O6S. The van der Waals surface area contributed by atoms with E-state index in [1.54, 1.807) is 6.26 Å². The summed E-state index contributed by atoms with van der Waals surface area (Å²) in [5.41, 5.74) is 6.74. The predicted molar refractivity (Wildman–Crippen MR) is 134 cm³/mol. The number of hydrazone groups is 1. The molecule has 12 unspecified atom stereocenters. The number of nitrogens with one attached hydrogen (secondary N) is 2. The van der Waals surface area contributed by atoms with Crippen molar-refractivity contribution >= 4 is 28.4 Å². The molecule has 0 radical (unpaired) electrons. The van der Waals surface area contributed by atoms with E-state index in [9.17, 15) is 24.0 Å². The summed E-state index contributed by atoms with van der Waals surface area (Å²) in [4.78, 5) is 24.1.